The van der Waals surface area contributed by atoms with Crippen LogP contribution in [0.1, 0.15) is 24.1 Å². The van der Waals surface area contributed by atoms with Crippen LogP contribution >= 0.6 is 0 Å². The number of hydrogen-bond donors (Lipinski definition) is 0. The van der Waals surface area contributed by atoms with Gasteiger partial charge in [0.25, 0.3) is 0 Å². The number of hydrogen-bond acceptors (Lipinski definition) is 4. The molecule has 130 valence electrons. The minimum atomic E-state index is 0.291. The fourth-order valence-corrected chi connectivity index (χ4v) is 3.20. The van der Waals surface area contributed by atoms with Crippen LogP contribution in [0.15, 0.2) is 73.4 Å². The average molecular weight is 343 g/mol. The number of benzene rings is 2. The predicted octanol–water partition coefficient (Wildman–Crippen LogP) is 4.01. The first-order chi connectivity index (χ1) is 12.7. The third-order valence-electron chi connectivity index (χ3n) is 4.86. The van der Waals surface area contributed by atoms with Crippen molar-refractivity contribution in [3.8, 4) is 5.69 Å². The maximum Gasteiger partial charge on any atom is 0.138 e. The van der Waals surface area contributed by atoms with Crippen LogP contribution < -0.4 is 0 Å². The number of para-hydroxylation sites is 1. The summed E-state index contributed by atoms with van der Waals surface area (Å²) >= 11 is 0. The van der Waals surface area contributed by atoms with Crippen LogP contribution in [0, 0.1) is 0 Å². The lowest BCUT2D eigenvalue weighted by molar-refractivity contribution is 0.254. The second kappa shape index (κ2) is 7.06. The molecule has 0 fully saturated rings. The summed E-state index contributed by atoms with van der Waals surface area (Å²) in [6, 6.07) is 19.2. The smallest absolute Gasteiger partial charge is 0.138 e. The van der Waals surface area contributed by atoms with E-state index in [1.807, 2.05) is 12.3 Å². The Balaban J connectivity index is 1.53. The molecule has 0 bridgehead atoms. The van der Waals surface area contributed by atoms with E-state index >= 15 is 0 Å². The lowest BCUT2D eigenvalue weighted by atomic mass is 10.0. The molecule has 2 aromatic carbocycles. The fourth-order valence-electron chi connectivity index (χ4n) is 3.20. The second-order valence-corrected chi connectivity index (χ2v) is 6.51. The molecule has 0 saturated carbocycles. The number of fused-ring (bicyclic) bond motifs is 1. The quantitative estimate of drug-likeness (QED) is 0.549. The summed E-state index contributed by atoms with van der Waals surface area (Å²) in [6.45, 7) is 3.07. The Morgan fingerprint density at radius 3 is 2.62 bits per heavy atom. The SMILES string of the molecule is CC(c1ccc(-n2cncn2)cc1)N(C)Cc1cccc2cccnc12. The standard InChI is InChI=1S/C21H21N5/c1-16(17-8-10-20(11-9-17)26-15-22-14-24-26)25(2)13-19-6-3-5-18-7-4-12-23-21(18)19/h3-12,14-16H,13H2,1-2H3. The van der Waals surface area contributed by atoms with E-state index in [9.17, 15) is 0 Å². The molecule has 0 aliphatic rings. The first-order valence-corrected chi connectivity index (χ1v) is 8.70. The maximum atomic E-state index is 4.56. The van der Waals surface area contributed by atoms with Crippen LogP contribution in [0.3, 0.4) is 0 Å². The van der Waals surface area contributed by atoms with Gasteiger partial charge in [0.2, 0.25) is 0 Å². The van der Waals surface area contributed by atoms with Crippen LogP contribution in [-0.2, 0) is 6.54 Å². The molecule has 0 spiro atoms. The van der Waals surface area contributed by atoms with Crippen molar-refractivity contribution in [1.82, 2.24) is 24.6 Å². The van der Waals surface area contributed by atoms with Crippen molar-refractivity contribution in [3.05, 3.63) is 84.6 Å². The Kier molecular flexibility index (Phi) is 4.46. The number of pyridine rings is 1. The van der Waals surface area contributed by atoms with Crippen molar-refractivity contribution in [3.63, 3.8) is 0 Å². The summed E-state index contributed by atoms with van der Waals surface area (Å²) in [6.07, 6.45) is 5.11. The van der Waals surface area contributed by atoms with E-state index in [1.165, 1.54) is 16.5 Å². The molecule has 0 saturated heterocycles. The Morgan fingerprint density at radius 2 is 1.85 bits per heavy atom. The summed E-state index contributed by atoms with van der Waals surface area (Å²) < 4.78 is 1.76. The largest absolute Gasteiger partial charge is 0.295 e. The zero-order valence-electron chi connectivity index (χ0n) is 14.9. The van der Waals surface area contributed by atoms with Gasteiger partial charge in [-0.1, -0.05) is 36.4 Å². The molecule has 0 amide bonds. The lowest BCUT2D eigenvalue weighted by Crippen LogP contribution is -2.22. The monoisotopic (exact) mass is 343 g/mol. The number of rotatable bonds is 5. The normalized spacial score (nSPS) is 12.6. The predicted molar refractivity (Wildman–Crippen MR) is 103 cm³/mol. The van der Waals surface area contributed by atoms with E-state index in [2.05, 4.69) is 82.5 Å². The Labute approximate surface area is 152 Å². The van der Waals surface area contributed by atoms with Gasteiger partial charge in [-0.25, -0.2) is 9.67 Å². The molecule has 0 N–H and O–H groups in total. The molecule has 0 aliphatic heterocycles. The van der Waals surface area contributed by atoms with E-state index in [-0.39, 0.29) is 0 Å². The van der Waals surface area contributed by atoms with Crippen LogP contribution in [0.2, 0.25) is 0 Å². The molecular weight excluding hydrogens is 322 g/mol. The zero-order chi connectivity index (χ0) is 17.9. The van der Waals surface area contributed by atoms with Crippen molar-refractivity contribution in [2.75, 3.05) is 7.05 Å². The molecule has 4 rings (SSSR count). The minimum Gasteiger partial charge on any atom is -0.295 e. The molecule has 5 nitrogen and oxygen atoms in total. The van der Waals surface area contributed by atoms with Crippen molar-refractivity contribution in [2.24, 2.45) is 0 Å². The molecule has 2 heterocycles. The third-order valence-corrected chi connectivity index (χ3v) is 4.86. The Hall–Kier alpha value is -3.05. The summed E-state index contributed by atoms with van der Waals surface area (Å²) in [4.78, 5) is 10.9. The van der Waals surface area contributed by atoms with E-state index in [0.717, 1.165) is 17.7 Å². The van der Waals surface area contributed by atoms with Gasteiger partial charge in [0.1, 0.15) is 12.7 Å². The first-order valence-electron chi connectivity index (χ1n) is 8.70. The van der Waals surface area contributed by atoms with Gasteiger partial charge in [0, 0.05) is 24.2 Å². The highest BCUT2D eigenvalue weighted by molar-refractivity contribution is 5.81. The minimum absolute atomic E-state index is 0.291. The number of nitrogens with zero attached hydrogens (tertiary/aromatic N) is 5. The molecule has 0 aliphatic carbocycles. The highest BCUT2D eigenvalue weighted by Crippen LogP contribution is 2.24. The van der Waals surface area contributed by atoms with E-state index in [4.69, 9.17) is 0 Å². The van der Waals surface area contributed by atoms with Crippen molar-refractivity contribution >= 4 is 10.9 Å². The summed E-state index contributed by atoms with van der Waals surface area (Å²) in [5.74, 6) is 0. The van der Waals surface area contributed by atoms with Crippen LogP contribution in [0.25, 0.3) is 16.6 Å². The molecular formula is C21H21N5. The lowest BCUT2D eigenvalue weighted by Gasteiger charge is -2.25. The molecule has 1 unspecified atom stereocenters. The van der Waals surface area contributed by atoms with E-state index < -0.39 is 0 Å². The molecule has 26 heavy (non-hydrogen) atoms. The Morgan fingerprint density at radius 1 is 1.04 bits per heavy atom. The molecule has 2 aromatic heterocycles. The maximum absolute atomic E-state index is 4.56. The van der Waals surface area contributed by atoms with Gasteiger partial charge in [-0.05, 0) is 43.3 Å². The van der Waals surface area contributed by atoms with E-state index in [1.54, 1.807) is 17.3 Å². The van der Waals surface area contributed by atoms with Gasteiger partial charge < -0.3 is 0 Å². The highest BCUT2D eigenvalue weighted by Gasteiger charge is 2.14. The fraction of sp³-hybridized carbons (Fsp3) is 0.190. The topological polar surface area (TPSA) is 46.8 Å². The highest BCUT2D eigenvalue weighted by atomic mass is 15.3. The van der Waals surface area contributed by atoms with Gasteiger partial charge >= 0.3 is 0 Å². The van der Waals surface area contributed by atoms with Gasteiger partial charge in [-0.15, -0.1) is 0 Å². The molecule has 0 radical (unpaired) electrons. The van der Waals surface area contributed by atoms with Gasteiger partial charge in [-0.3, -0.25) is 9.88 Å². The van der Waals surface area contributed by atoms with Crippen molar-refractivity contribution in [1.29, 1.82) is 0 Å². The van der Waals surface area contributed by atoms with Crippen LogP contribution in [0.4, 0.5) is 0 Å². The number of aromatic nitrogens is 4. The van der Waals surface area contributed by atoms with Gasteiger partial charge in [0.15, 0.2) is 0 Å². The molecule has 1 atom stereocenters. The average Bonchev–Trinajstić information content (AvgIpc) is 3.23. The van der Waals surface area contributed by atoms with Crippen LogP contribution in [0.5, 0.6) is 0 Å². The first kappa shape index (κ1) is 16.4. The van der Waals surface area contributed by atoms with Crippen LogP contribution in [-0.4, -0.2) is 31.7 Å². The van der Waals surface area contributed by atoms with Gasteiger partial charge in [-0.2, -0.15) is 5.10 Å². The molecule has 5 heteroatoms. The van der Waals surface area contributed by atoms with Crippen molar-refractivity contribution < 1.29 is 0 Å². The van der Waals surface area contributed by atoms with E-state index in [0.29, 0.717) is 6.04 Å². The second-order valence-electron chi connectivity index (χ2n) is 6.51. The summed E-state index contributed by atoms with van der Waals surface area (Å²) in [7, 11) is 2.15. The summed E-state index contributed by atoms with van der Waals surface area (Å²) in [5, 5.41) is 5.35. The molecule has 4 aromatic rings. The zero-order valence-corrected chi connectivity index (χ0v) is 14.9. The Bertz CT molecular complexity index is 987. The van der Waals surface area contributed by atoms with Gasteiger partial charge in [0.05, 0.1) is 11.2 Å². The third kappa shape index (κ3) is 3.21. The summed E-state index contributed by atoms with van der Waals surface area (Å²) in [5.41, 5.74) is 4.61. The van der Waals surface area contributed by atoms with Crippen molar-refractivity contribution in [2.45, 2.75) is 19.5 Å².